The zero-order valence-corrected chi connectivity index (χ0v) is 17.3. The number of sulfone groups is 1. The molecular formula is C22H26N2O3S. The van der Waals surface area contributed by atoms with E-state index in [1.807, 2.05) is 36.4 Å². The number of carbonyl (C=O) groups is 1. The van der Waals surface area contributed by atoms with Gasteiger partial charge in [-0.2, -0.15) is 5.26 Å². The summed E-state index contributed by atoms with van der Waals surface area (Å²) in [4.78, 5) is 12.5. The Hall–Kier alpha value is -2.65. The minimum Gasteiger partial charge on any atom is -0.348 e. The lowest BCUT2D eigenvalue weighted by Crippen LogP contribution is -2.35. The summed E-state index contributed by atoms with van der Waals surface area (Å²) in [5.74, 6) is -1.31. The second-order valence-corrected chi connectivity index (χ2v) is 10.2. The largest absolute Gasteiger partial charge is 0.348 e. The van der Waals surface area contributed by atoms with Crippen molar-refractivity contribution in [2.75, 3.05) is 5.75 Å². The van der Waals surface area contributed by atoms with Gasteiger partial charge >= 0.3 is 0 Å². The van der Waals surface area contributed by atoms with Gasteiger partial charge in [-0.25, -0.2) is 8.42 Å². The fourth-order valence-corrected chi connectivity index (χ4v) is 4.25. The van der Waals surface area contributed by atoms with Crippen LogP contribution in [0.15, 0.2) is 54.6 Å². The molecule has 148 valence electrons. The third-order valence-corrected chi connectivity index (χ3v) is 5.65. The van der Waals surface area contributed by atoms with Crippen molar-refractivity contribution in [1.29, 1.82) is 5.26 Å². The highest BCUT2D eigenvalue weighted by atomic mass is 32.2. The molecule has 0 fully saturated rings. The Kier molecular flexibility index (Phi) is 6.98. The summed E-state index contributed by atoms with van der Waals surface area (Å²) in [6.45, 7) is 6.24. The number of carbonyl (C=O) groups excluding carboxylic acids is 1. The first-order valence-corrected chi connectivity index (χ1v) is 10.9. The van der Waals surface area contributed by atoms with E-state index in [9.17, 15) is 13.2 Å². The molecule has 1 N–H and O–H groups in total. The predicted molar refractivity (Wildman–Crippen MR) is 110 cm³/mol. The zero-order chi connectivity index (χ0) is 20.8. The normalized spacial score (nSPS) is 12.8. The molecule has 0 spiro atoms. The summed E-state index contributed by atoms with van der Waals surface area (Å²) in [5.41, 5.74) is 1.94. The molecule has 2 rings (SSSR count). The van der Waals surface area contributed by atoms with Crippen LogP contribution in [0, 0.1) is 16.7 Å². The number of hydrogen-bond donors (Lipinski definition) is 1. The monoisotopic (exact) mass is 398 g/mol. The van der Waals surface area contributed by atoms with Crippen LogP contribution < -0.4 is 5.32 Å². The quantitative estimate of drug-likeness (QED) is 0.769. The van der Waals surface area contributed by atoms with Crippen LogP contribution in [0.4, 0.5) is 0 Å². The fourth-order valence-electron chi connectivity index (χ4n) is 2.97. The maximum absolute atomic E-state index is 12.5. The highest BCUT2D eigenvalue weighted by molar-refractivity contribution is 7.91. The molecule has 28 heavy (non-hydrogen) atoms. The van der Waals surface area contributed by atoms with Crippen molar-refractivity contribution in [3.8, 4) is 6.07 Å². The van der Waals surface area contributed by atoms with Gasteiger partial charge in [-0.15, -0.1) is 0 Å². The lowest BCUT2D eigenvalue weighted by Gasteiger charge is -2.27. The van der Waals surface area contributed by atoms with Crippen molar-refractivity contribution in [1.82, 2.24) is 5.32 Å². The van der Waals surface area contributed by atoms with Crippen LogP contribution in [-0.4, -0.2) is 20.1 Å². The Morgan fingerprint density at radius 1 is 1.07 bits per heavy atom. The van der Waals surface area contributed by atoms with Crippen LogP contribution >= 0.6 is 0 Å². The fraction of sp³-hybridized carbons (Fsp3) is 0.364. The summed E-state index contributed by atoms with van der Waals surface area (Å²) in [5, 5.41) is 11.7. The van der Waals surface area contributed by atoms with Gasteiger partial charge in [0.2, 0.25) is 5.91 Å². The van der Waals surface area contributed by atoms with Crippen molar-refractivity contribution in [2.24, 2.45) is 5.41 Å². The van der Waals surface area contributed by atoms with Gasteiger partial charge in [0.15, 0.2) is 9.84 Å². The molecule has 2 aromatic carbocycles. The van der Waals surface area contributed by atoms with Crippen LogP contribution in [0.1, 0.15) is 49.9 Å². The first kappa shape index (κ1) is 21.6. The SMILES string of the molecule is CC(C)(C)C[C@@H](NC(=O)CS(=O)(=O)Cc1ccc(C#N)cc1)c1ccccc1. The Morgan fingerprint density at radius 2 is 1.68 bits per heavy atom. The molecule has 6 heteroatoms. The molecule has 0 aromatic heterocycles. The third-order valence-electron chi connectivity index (χ3n) is 4.17. The summed E-state index contributed by atoms with van der Waals surface area (Å²) >= 11 is 0. The summed E-state index contributed by atoms with van der Waals surface area (Å²) in [6, 6.07) is 17.6. The smallest absolute Gasteiger partial charge is 0.235 e. The van der Waals surface area contributed by atoms with E-state index in [1.54, 1.807) is 24.3 Å². The van der Waals surface area contributed by atoms with E-state index in [1.165, 1.54) is 0 Å². The van der Waals surface area contributed by atoms with Gasteiger partial charge in [-0.1, -0.05) is 63.2 Å². The van der Waals surface area contributed by atoms with Crippen LogP contribution in [0.25, 0.3) is 0 Å². The average Bonchev–Trinajstić information content (AvgIpc) is 2.60. The second kappa shape index (κ2) is 9.03. The highest BCUT2D eigenvalue weighted by Crippen LogP contribution is 2.29. The van der Waals surface area contributed by atoms with E-state index in [0.717, 1.165) is 5.56 Å². The Bertz CT molecular complexity index is 938. The number of hydrogen-bond acceptors (Lipinski definition) is 4. The van der Waals surface area contributed by atoms with Gasteiger partial charge in [0.1, 0.15) is 5.75 Å². The molecule has 0 aliphatic rings. The van der Waals surface area contributed by atoms with Gasteiger partial charge in [0, 0.05) is 0 Å². The minimum absolute atomic E-state index is 0.0326. The maximum Gasteiger partial charge on any atom is 0.235 e. The van der Waals surface area contributed by atoms with E-state index in [-0.39, 0.29) is 17.2 Å². The van der Waals surface area contributed by atoms with Crippen molar-refractivity contribution >= 4 is 15.7 Å². The number of benzene rings is 2. The highest BCUT2D eigenvalue weighted by Gasteiger charge is 2.24. The molecule has 1 amide bonds. The lowest BCUT2D eigenvalue weighted by molar-refractivity contribution is -0.119. The summed E-state index contributed by atoms with van der Waals surface area (Å²) in [6.07, 6.45) is 0.693. The van der Waals surface area contributed by atoms with Crippen molar-refractivity contribution < 1.29 is 13.2 Å². The van der Waals surface area contributed by atoms with Crippen LogP contribution in [0.3, 0.4) is 0 Å². The Balaban J connectivity index is 2.07. The van der Waals surface area contributed by atoms with Crippen LogP contribution in [0.2, 0.25) is 0 Å². The first-order chi connectivity index (χ1) is 13.1. The van der Waals surface area contributed by atoms with E-state index >= 15 is 0 Å². The number of nitrogens with zero attached hydrogens (tertiary/aromatic N) is 1. The second-order valence-electron chi connectivity index (χ2n) is 8.14. The molecule has 0 aliphatic carbocycles. The lowest BCUT2D eigenvalue weighted by atomic mass is 9.85. The van der Waals surface area contributed by atoms with Gasteiger partial charge < -0.3 is 5.32 Å². The third kappa shape index (κ3) is 7.16. The molecule has 0 heterocycles. The standard InChI is InChI=1S/C22H26N2O3S/c1-22(2,3)13-20(19-7-5-4-6-8-19)24-21(25)16-28(26,27)15-18-11-9-17(14-23)10-12-18/h4-12,20H,13,15-16H2,1-3H3,(H,24,25)/t20-/m1/s1. The summed E-state index contributed by atoms with van der Waals surface area (Å²) < 4.78 is 24.9. The van der Waals surface area contributed by atoms with E-state index in [4.69, 9.17) is 5.26 Å². The number of nitriles is 1. The Morgan fingerprint density at radius 3 is 2.21 bits per heavy atom. The maximum atomic E-state index is 12.5. The molecule has 0 unspecified atom stereocenters. The molecule has 5 nitrogen and oxygen atoms in total. The van der Waals surface area contributed by atoms with E-state index in [2.05, 4.69) is 26.1 Å². The topological polar surface area (TPSA) is 87.0 Å². The molecule has 0 radical (unpaired) electrons. The number of nitrogens with one attached hydrogen (secondary N) is 1. The molecule has 2 aromatic rings. The molecule has 0 aliphatic heterocycles. The van der Waals surface area contributed by atoms with Gasteiger partial charge in [-0.05, 0) is 35.1 Å². The zero-order valence-electron chi connectivity index (χ0n) is 16.5. The van der Waals surface area contributed by atoms with E-state index in [0.29, 0.717) is 17.5 Å². The van der Waals surface area contributed by atoms with Gasteiger partial charge in [-0.3, -0.25) is 4.79 Å². The molecule has 0 bridgehead atoms. The van der Waals surface area contributed by atoms with Crippen LogP contribution in [0.5, 0.6) is 0 Å². The number of amides is 1. The van der Waals surface area contributed by atoms with Crippen molar-refractivity contribution in [3.63, 3.8) is 0 Å². The average molecular weight is 399 g/mol. The van der Waals surface area contributed by atoms with Crippen molar-refractivity contribution in [3.05, 3.63) is 71.3 Å². The first-order valence-electron chi connectivity index (χ1n) is 9.12. The number of rotatable bonds is 7. The van der Waals surface area contributed by atoms with Crippen molar-refractivity contribution in [2.45, 2.75) is 39.0 Å². The van der Waals surface area contributed by atoms with Gasteiger partial charge in [0.25, 0.3) is 0 Å². The molecular weight excluding hydrogens is 372 g/mol. The molecule has 0 saturated heterocycles. The van der Waals surface area contributed by atoms with Gasteiger partial charge in [0.05, 0.1) is 23.4 Å². The van der Waals surface area contributed by atoms with Crippen LogP contribution in [-0.2, 0) is 20.4 Å². The Labute approximate surface area is 167 Å². The molecule has 0 saturated carbocycles. The summed E-state index contributed by atoms with van der Waals surface area (Å²) in [7, 11) is -3.62. The molecule has 1 atom stereocenters. The van der Waals surface area contributed by atoms with E-state index < -0.39 is 21.5 Å². The predicted octanol–water partition coefficient (Wildman–Crippen LogP) is 3.77. The minimum atomic E-state index is -3.62.